The summed E-state index contributed by atoms with van der Waals surface area (Å²) in [7, 11) is 0. The Morgan fingerprint density at radius 2 is 1.87 bits per heavy atom. The molecule has 0 saturated carbocycles. The number of carbonyl (C=O) groups is 2. The van der Waals surface area contributed by atoms with E-state index >= 15 is 0 Å². The summed E-state index contributed by atoms with van der Waals surface area (Å²) < 4.78 is 2.26. The van der Waals surface area contributed by atoms with Crippen LogP contribution in [0.1, 0.15) is 10.4 Å². The van der Waals surface area contributed by atoms with Crippen molar-refractivity contribution in [3.63, 3.8) is 0 Å². The Bertz CT molecular complexity index is 697. The minimum atomic E-state index is -0.0492. The molecule has 2 aromatic rings. The van der Waals surface area contributed by atoms with Crippen molar-refractivity contribution in [2.75, 3.05) is 26.2 Å². The van der Waals surface area contributed by atoms with Gasteiger partial charge in [-0.2, -0.15) is 0 Å². The van der Waals surface area contributed by atoms with Gasteiger partial charge < -0.3 is 9.80 Å². The lowest BCUT2D eigenvalue weighted by molar-refractivity contribution is -0.133. The van der Waals surface area contributed by atoms with Crippen molar-refractivity contribution in [2.45, 2.75) is 6.54 Å². The third-order valence-corrected chi connectivity index (χ3v) is 4.17. The number of aromatic nitrogens is 4. The predicted octanol–water partition coefficient (Wildman–Crippen LogP) is 0.420. The molecule has 2 amide bonds. The van der Waals surface area contributed by atoms with E-state index < -0.39 is 0 Å². The van der Waals surface area contributed by atoms with Crippen LogP contribution in [0.15, 0.2) is 35.1 Å². The summed E-state index contributed by atoms with van der Waals surface area (Å²) in [5, 5.41) is 10.7. The molecule has 0 bridgehead atoms. The van der Waals surface area contributed by atoms with E-state index in [0.29, 0.717) is 31.7 Å². The second-order valence-corrected chi connectivity index (χ2v) is 6.11. The Hall–Kier alpha value is -2.29. The highest BCUT2D eigenvalue weighted by Crippen LogP contribution is 2.15. The number of rotatable bonds is 3. The topological polar surface area (TPSA) is 84.2 Å². The average Bonchev–Trinajstić information content (AvgIpc) is 3.07. The largest absolute Gasteiger partial charge is 0.338 e. The van der Waals surface area contributed by atoms with Gasteiger partial charge in [-0.25, -0.2) is 4.68 Å². The molecule has 1 aromatic heterocycles. The summed E-state index contributed by atoms with van der Waals surface area (Å²) in [5.74, 6) is -0.0641. The third kappa shape index (κ3) is 3.73. The van der Waals surface area contributed by atoms with Crippen LogP contribution in [0.3, 0.4) is 0 Å². The molecule has 0 N–H and O–H groups in total. The molecule has 0 atom stereocenters. The Morgan fingerprint density at radius 3 is 2.52 bits per heavy atom. The fourth-order valence-corrected chi connectivity index (χ4v) is 2.85. The minimum absolute atomic E-state index is 0.0149. The van der Waals surface area contributed by atoms with Crippen LogP contribution in [0, 0.1) is 0 Å². The Labute approximate surface area is 141 Å². The van der Waals surface area contributed by atoms with Gasteiger partial charge in [-0.1, -0.05) is 22.0 Å². The first-order chi connectivity index (χ1) is 11.1. The first kappa shape index (κ1) is 15.6. The van der Waals surface area contributed by atoms with Crippen LogP contribution in [0.4, 0.5) is 0 Å². The first-order valence-corrected chi connectivity index (χ1v) is 7.96. The SMILES string of the molecule is O=C(Cn1cnnn1)N1CCN(C(=O)c2cccc(Br)c2)CC1. The highest BCUT2D eigenvalue weighted by molar-refractivity contribution is 9.10. The third-order valence-electron chi connectivity index (χ3n) is 3.68. The van der Waals surface area contributed by atoms with Crippen LogP contribution in [0.5, 0.6) is 0 Å². The molecule has 0 aliphatic carbocycles. The summed E-state index contributed by atoms with van der Waals surface area (Å²) in [4.78, 5) is 28.1. The molecule has 1 fully saturated rings. The lowest BCUT2D eigenvalue weighted by atomic mass is 10.2. The number of hydrogen-bond donors (Lipinski definition) is 0. The highest BCUT2D eigenvalue weighted by Gasteiger charge is 2.25. The molecule has 0 radical (unpaired) electrons. The molecule has 1 aromatic carbocycles. The maximum absolute atomic E-state index is 12.5. The fraction of sp³-hybridized carbons (Fsp3) is 0.357. The van der Waals surface area contributed by atoms with Gasteiger partial charge >= 0.3 is 0 Å². The molecular formula is C14H15BrN6O2. The van der Waals surface area contributed by atoms with E-state index in [4.69, 9.17) is 0 Å². The zero-order chi connectivity index (χ0) is 16.2. The number of benzene rings is 1. The normalized spacial score (nSPS) is 14.8. The predicted molar refractivity (Wildman–Crippen MR) is 84.4 cm³/mol. The van der Waals surface area contributed by atoms with Gasteiger partial charge in [0.2, 0.25) is 5.91 Å². The van der Waals surface area contributed by atoms with Crippen LogP contribution in [-0.4, -0.2) is 68.0 Å². The van der Waals surface area contributed by atoms with Gasteiger partial charge in [0, 0.05) is 36.2 Å². The number of hydrogen-bond acceptors (Lipinski definition) is 5. The molecule has 0 spiro atoms. The minimum Gasteiger partial charge on any atom is -0.338 e. The maximum atomic E-state index is 12.5. The van der Waals surface area contributed by atoms with Gasteiger partial charge in [-0.05, 0) is 28.6 Å². The van der Waals surface area contributed by atoms with Crippen molar-refractivity contribution in [3.05, 3.63) is 40.6 Å². The lowest BCUT2D eigenvalue weighted by Crippen LogP contribution is -2.51. The van der Waals surface area contributed by atoms with Crippen molar-refractivity contribution in [1.82, 2.24) is 30.0 Å². The molecule has 1 saturated heterocycles. The van der Waals surface area contributed by atoms with Gasteiger partial charge in [0.15, 0.2) is 0 Å². The van der Waals surface area contributed by atoms with Crippen LogP contribution in [0.2, 0.25) is 0 Å². The molecule has 23 heavy (non-hydrogen) atoms. The van der Waals surface area contributed by atoms with Crippen molar-refractivity contribution >= 4 is 27.7 Å². The number of carbonyl (C=O) groups excluding carboxylic acids is 2. The van der Waals surface area contributed by atoms with E-state index in [0.717, 1.165) is 4.47 Å². The monoisotopic (exact) mass is 378 g/mol. The number of tetrazole rings is 1. The van der Waals surface area contributed by atoms with E-state index in [1.165, 1.54) is 11.0 Å². The summed E-state index contributed by atoms with van der Waals surface area (Å²) >= 11 is 3.37. The Balaban J connectivity index is 1.55. The fourth-order valence-electron chi connectivity index (χ4n) is 2.45. The maximum Gasteiger partial charge on any atom is 0.254 e. The van der Waals surface area contributed by atoms with Crippen molar-refractivity contribution in [1.29, 1.82) is 0 Å². The number of piperazine rings is 1. The second kappa shape index (κ2) is 6.86. The summed E-state index contributed by atoms with van der Waals surface area (Å²) in [6.07, 6.45) is 1.41. The van der Waals surface area contributed by atoms with E-state index in [9.17, 15) is 9.59 Å². The van der Waals surface area contributed by atoms with E-state index in [1.54, 1.807) is 21.9 Å². The first-order valence-electron chi connectivity index (χ1n) is 7.17. The molecule has 9 heteroatoms. The van der Waals surface area contributed by atoms with Gasteiger partial charge in [-0.15, -0.1) is 5.10 Å². The van der Waals surface area contributed by atoms with Crippen LogP contribution in [0.25, 0.3) is 0 Å². The van der Waals surface area contributed by atoms with Gasteiger partial charge in [0.25, 0.3) is 5.91 Å². The smallest absolute Gasteiger partial charge is 0.254 e. The molecule has 8 nitrogen and oxygen atoms in total. The Morgan fingerprint density at radius 1 is 1.13 bits per heavy atom. The number of halogens is 1. The summed E-state index contributed by atoms with van der Waals surface area (Å²) in [5.41, 5.74) is 0.646. The summed E-state index contributed by atoms with van der Waals surface area (Å²) in [6, 6.07) is 7.32. The molecule has 2 heterocycles. The van der Waals surface area contributed by atoms with Crippen LogP contribution >= 0.6 is 15.9 Å². The number of nitrogens with zero attached hydrogens (tertiary/aromatic N) is 6. The van der Waals surface area contributed by atoms with Crippen LogP contribution < -0.4 is 0 Å². The average molecular weight is 379 g/mol. The quantitative estimate of drug-likeness (QED) is 0.772. The highest BCUT2D eigenvalue weighted by atomic mass is 79.9. The molecule has 1 aliphatic heterocycles. The van der Waals surface area contributed by atoms with Crippen molar-refractivity contribution in [2.24, 2.45) is 0 Å². The Kier molecular flexibility index (Phi) is 4.65. The van der Waals surface area contributed by atoms with E-state index in [-0.39, 0.29) is 18.4 Å². The van der Waals surface area contributed by atoms with E-state index in [2.05, 4.69) is 31.5 Å². The van der Waals surface area contributed by atoms with Crippen LogP contribution in [-0.2, 0) is 11.3 Å². The second-order valence-electron chi connectivity index (χ2n) is 5.19. The lowest BCUT2D eigenvalue weighted by Gasteiger charge is -2.34. The van der Waals surface area contributed by atoms with Gasteiger partial charge in [-0.3, -0.25) is 9.59 Å². The zero-order valence-electron chi connectivity index (χ0n) is 12.3. The molecule has 0 unspecified atom stereocenters. The molecule has 120 valence electrons. The van der Waals surface area contributed by atoms with Crippen molar-refractivity contribution < 1.29 is 9.59 Å². The standard InChI is InChI=1S/C14H15BrN6O2/c15-12-3-1-2-11(8-12)14(23)20-6-4-19(5-7-20)13(22)9-21-10-16-17-18-21/h1-3,8,10H,4-7,9H2. The molecular weight excluding hydrogens is 364 g/mol. The number of amides is 2. The van der Waals surface area contributed by atoms with Gasteiger partial charge in [0.05, 0.1) is 0 Å². The molecule has 1 aliphatic rings. The van der Waals surface area contributed by atoms with E-state index in [1.807, 2.05) is 12.1 Å². The summed E-state index contributed by atoms with van der Waals surface area (Å²) in [6.45, 7) is 2.19. The molecule has 3 rings (SSSR count). The zero-order valence-corrected chi connectivity index (χ0v) is 13.9. The van der Waals surface area contributed by atoms with Crippen molar-refractivity contribution in [3.8, 4) is 0 Å². The van der Waals surface area contributed by atoms with Gasteiger partial charge in [0.1, 0.15) is 12.9 Å².